The minimum absolute atomic E-state index is 0.0741. The normalized spacial score (nSPS) is 17.7. The first-order valence-corrected chi connectivity index (χ1v) is 7.97. The molecule has 110 valence electrons. The molecule has 1 aromatic rings. The van der Waals surface area contributed by atoms with Gasteiger partial charge in [-0.1, -0.05) is 19.3 Å². The molecule has 5 heteroatoms. The summed E-state index contributed by atoms with van der Waals surface area (Å²) in [5.74, 6) is -0.416. The lowest BCUT2D eigenvalue weighted by atomic mass is 9.79. The highest BCUT2D eigenvalue weighted by atomic mass is 32.1. The third-order valence-electron chi connectivity index (χ3n) is 4.23. The van der Waals surface area contributed by atoms with Crippen molar-refractivity contribution in [3.63, 3.8) is 0 Å². The molecule has 0 unspecified atom stereocenters. The lowest BCUT2D eigenvalue weighted by molar-refractivity contribution is -0.119. The molecule has 0 aliphatic heterocycles. The van der Waals surface area contributed by atoms with Crippen LogP contribution in [0.1, 0.15) is 59.3 Å². The van der Waals surface area contributed by atoms with Gasteiger partial charge in [0.15, 0.2) is 0 Å². The molecule has 0 radical (unpaired) electrons. The van der Waals surface area contributed by atoms with Crippen LogP contribution in [0.25, 0.3) is 0 Å². The van der Waals surface area contributed by atoms with Crippen molar-refractivity contribution in [1.29, 1.82) is 0 Å². The molecular weight excluding hydrogens is 272 g/mol. The van der Waals surface area contributed by atoms with Crippen molar-refractivity contribution >= 4 is 23.2 Å². The van der Waals surface area contributed by atoms with Crippen molar-refractivity contribution in [1.82, 2.24) is 5.32 Å². The van der Waals surface area contributed by atoms with E-state index < -0.39 is 5.54 Å². The molecule has 0 spiro atoms. The topological polar surface area (TPSA) is 72.2 Å². The van der Waals surface area contributed by atoms with Gasteiger partial charge in [0.25, 0.3) is 5.91 Å². The molecule has 1 fully saturated rings. The van der Waals surface area contributed by atoms with E-state index in [0.29, 0.717) is 0 Å². The number of amides is 2. The second kappa shape index (κ2) is 5.95. The van der Waals surface area contributed by atoms with Crippen LogP contribution in [0.15, 0.2) is 5.38 Å². The second-order valence-electron chi connectivity index (χ2n) is 5.77. The number of hydrogen-bond acceptors (Lipinski definition) is 3. The predicted octanol–water partition coefficient (Wildman–Crippen LogP) is 2.67. The molecule has 2 amide bonds. The molecule has 1 heterocycles. The molecule has 1 aliphatic rings. The van der Waals surface area contributed by atoms with Crippen molar-refractivity contribution in [2.24, 2.45) is 5.73 Å². The summed E-state index contributed by atoms with van der Waals surface area (Å²) >= 11 is 1.58. The third-order valence-corrected chi connectivity index (χ3v) is 5.25. The molecule has 0 aromatic carbocycles. The Kier molecular flexibility index (Phi) is 4.48. The number of primary amides is 1. The number of carbonyl (C=O) groups excluding carboxylic acids is 2. The van der Waals surface area contributed by atoms with Crippen LogP contribution in [0.3, 0.4) is 0 Å². The van der Waals surface area contributed by atoms with E-state index in [1.165, 1.54) is 0 Å². The molecule has 0 atom stereocenters. The zero-order valence-electron chi connectivity index (χ0n) is 12.1. The Morgan fingerprint density at radius 3 is 2.45 bits per heavy atom. The number of hydrogen-bond donors (Lipinski definition) is 2. The molecule has 2 rings (SSSR count). The summed E-state index contributed by atoms with van der Waals surface area (Å²) in [6, 6.07) is 0. The Hall–Kier alpha value is -1.36. The Balaban J connectivity index is 2.17. The van der Waals surface area contributed by atoms with E-state index in [1.54, 1.807) is 11.3 Å². The van der Waals surface area contributed by atoms with Gasteiger partial charge in [0.2, 0.25) is 5.91 Å². The zero-order chi connectivity index (χ0) is 14.8. The molecule has 1 aromatic heterocycles. The number of nitrogens with two attached hydrogens (primary N) is 1. The number of rotatable bonds is 4. The predicted molar refractivity (Wildman–Crippen MR) is 80.9 cm³/mol. The summed E-state index contributed by atoms with van der Waals surface area (Å²) in [4.78, 5) is 25.0. The van der Waals surface area contributed by atoms with E-state index in [0.717, 1.165) is 48.1 Å². The molecule has 0 saturated heterocycles. The quantitative estimate of drug-likeness (QED) is 0.896. The lowest BCUT2D eigenvalue weighted by Crippen LogP contribution is -2.52. The molecule has 0 bridgehead atoms. The van der Waals surface area contributed by atoms with Crippen LogP contribution in [-0.4, -0.2) is 17.4 Å². The average Bonchev–Trinajstić information content (AvgIpc) is 2.70. The molecule has 1 saturated carbocycles. The SMILES string of the molecule is Cc1scc(C(=O)NC2(CC(N)=O)CCCCC2)c1C. The number of thiophene rings is 1. The van der Waals surface area contributed by atoms with Crippen LogP contribution in [0.4, 0.5) is 0 Å². The van der Waals surface area contributed by atoms with Crippen molar-refractivity contribution in [3.8, 4) is 0 Å². The highest BCUT2D eigenvalue weighted by Gasteiger charge is 2.35. The minimum atomic E-state index is -0.441. The van der Waals surface area contributed by atoms with Crippen LogP contribution in [-0.2, 0) is 4.79 Å². The van der Waals surface area contributed by atoms with Crippen LogP contribution in [0, 0.1) is 13.8 Å². The maximum absolute atomic E-state index is 12.5. The van der Waals surface area contributed by atoms with E-state index in [9.17, 15) is 9.59 Å². The monoisotopic (exact) mass is 294 g/mol. The van der Waals surface area contributed by atoms with Crippen molar-refractivity contribution < 1.29 is 9.59 Å². The summed E-state index contributed by atoms with van der Waals surface area (Å²) in [5, 5.41) is 4.99. The van der Waals surface area contributed by atoms with Crippen LogP contribution in [0.5, 0.6) is 0 Å². The van der Waals surface area contributed by atoms with E-state index in [-0.39, 0.29) is 18.2 Å². The molecule has 3 N–H and O–H groups in total. The highest BCUT2D eigenvalue weighted by Crippen LogP contribution is 2.32. The zero-order valence-corrected chi connectivity index (χ0v) is 12.9. The van der Waals surface area contributed by atoms with Crippen molar-refractivity contribution in [3.05, 3.63) is 21.4 Å². The summed E-state index contributed by atoms with van der Waals surface area (Å²) < 4.78 is 0. The van der Waals surface area contributed by atoms with Gasteiger partial charge in [0.05, 0.1) is 5.56 Å². The van der Waals surface area contributed by atoms with Gasteiger partial charge in [0.1, 0.15) is 0 Å². The molecule has 4 nitrogen and oxygen atoms in total. The first-order valence-electron chi connectivity index (χ1n) is 7.09. The average molecular weight is 294 g/mol. The van der Waals surface area contributed by atoms with E-state index in [2.05, 4.69) is 5.32 Å². The van der Waals surface area contributed by atoms with E-state index >= 15 is 0 Å². The number of nitrogens with one attached hydrogen (secondary N) is 1. The standard InChI is InChI=1S/C15H22N2O2S/c1-10-11(2)20-9-12(10)14(19)17-15(8-13(16)18)6-4-3-5-7-15/h9H,3-8H2,1-2H3,(H2,16,18)(H,17,19). The highest BCUT2D eigenvalue weighted by molar-refractivity contribution is 7.10. The number of carbonyl (C=O) groups is 2. The maximum atomic E-state index is 12.5. The van der Waals surface area contributed by atoms with Crippen LogP contribution < -0.4 is 11.1 Å². The Bertz CT molecular complexity index is 516. The second-order valence-corrected chi connectivity index (χ2v) is 6.85. The fourth-order valence-corrected chi connectivity index (χ4v) is 3.82. The van der Waals surface area contributed by atoms with Gasteiger partial charge < -0.3 is 11.1 Å². The van der Waals surface area contributed by atoms with Gasteiger partial charge in [-0.05, 0) is 32.3 Å². The van der Waals surface area contributed by atoms with Gasteiger partial charge in [-0.15, -0.1) is 11.3 Å². The van der Waals surface area contributed by atoms with Gasteiger partial charge in [-0.2, -0.15) is 0 Å². The van der Waals surface area contributed by atoms with Crippen LogP contribution in [0.2, 0.25) is 0 Å². The molecule has 20 heavy (non-hydrogen) atoms. The molecule has 1 aliphatic carbocycles. The smallest absolute Gasteiger partial charge is 0.252 e. The summed E-state index contributed by atoms with van der Waals surface area (Å²) in [5.41, 5.74) is 6.68. The van der Waals surface area contributed by atoms with Crippen molar-refractivity contribution in [2.45, 2.75) is 57.9 Å². The minimum Gasteiger partial charge on any atom is -0.370 e. The van der Waals surface area contributed by atoms with Gasteiger partial charge in [0, 0.05) is 22.2 Å². The van der Waals surface area contributed by atoms with Gasteiger partial charge >= 0.3 is 0 Å². The summed E-state index contributed by atoms with van der Waals surface area (Å²) in [6.07, 6.45) is 5.14. The van der Waals surface area contributed by atoms with Gasteiger partial charge in [-0.25, -0.2) is 0 Å². The Morgan fingerprint density at radius 2 is 1.95 bits per heavy atom. The Morgan fingerprint density at radius 1 is 1.30 bits per heavy atom. The summed E-state index contributed by atoms with van der Waals surface area (Å²) in [7, 11) is 0. The summed E-state index contributed by atoms with van der Waals surface area (Å²) in [6.45, 7) is 3.97. The first kappa shape index (κ1) is 15.0. The van der Waals surface area contributed by atoms with Crippen LogP contribution >= 0.6 is 11.3 Å². The first-order chi connectivity index (χ1) is 9.43. The fourth-order valence-electron chi connectivity index (χ4n) is 2.95. The Labute approximate surface area is 123 Å². The number of aryl methyl sites for hydroxylation is 1. The maximum Gasteiger partial charge on any atom is 0.252 e. The van der Waals surface area contributed by atoms with E-state index in [1.807, 2.05) is 19.2 Å². The van der Waals surface area contributed by atoms with E-state index in [4.69, 9.17) is 5.73 Å². The largest absolute Gasteiger partial charge is 0.370 e. The molecular formula is C15H22N2O2S. The van der Waals surface area contributed by atoms with Crippen molar-refractivity contribution in [2.75, 3.05) is 0 Å². The van der Waals surface area contributed by atoms with Gasteiger partial charge in [-0.3, -0.25) is 9.59 Å². The lowest BCUT2D eigenvalue weighted by Gasteiger charge is -2.37. The third kappa shape index (κ3) is 3.20. The fraction of sp³-hybridized carbons (Fsp3) is 0.600.